The lowest BCUT2D eigenvalue weighted by Crippen LogP contribution is -2.39. The third kappa shape index (κ3) is 9.16. The van der Waals surface area contributed by atoms with Gasteiger partial charge in [0.2, 0.25) is 5.91 Å². The van der Waals surface area contributed by atoms with Gasteiger partial charge in [-0.15, -0.1) is 24.0 Å². The Kier molecular flexibility index (Phi) is 12.8. The first kappa shape index (κ1) is 20.5. The van der Waals surface area contributed by atoms with Crippen molar-refractivity contribution in [1.29, 1.82) is 0 Å². The maximum absolute atomic E-state index is 11.9. The molecule has 0 aromatic rings. The van der Waals surface area contributed by atoms with Gasteiger partial charge in [0, 0.05) is 39.1 Å². The fourth-order valence-corrected chi connectivity index (χ4v) is 2.32. The van der Waals surface area contributed by atoms with E-state index in [2.05, 4.69) is 29.5 Å². The largest absolute Gasteiger partial charge is 0.357 e. The van der Waals surface area contributed by atoms with Crippen molar-refractivity contribution in [3.8, 4) is 0 Å². The first-order valence-electron chi connectivity index (χ1n) is 8.07. The monoisotopic (exact) mass is 410 g/mol. The molecular formula is C15H31IN4O. The van der Waals surface area contributed by atoms with Gasteiger partial charge in [-0.1, -0.05) is 13.3 Å². The second-order valence-electron chi connectivity index (χ2n) is 5.23. The Labute approximate surface area is 146 Å². The van der Waals surface area contributed by atoms with Crippen LogP contribution in [0, 0.1) is 0 Å². The van der Waals surface area contributed by atoms with Crippen molar-refractivity contribution in [2.75, 3.05) is 32.7 Å². The zero-order valence-electron chi connectivity index (χ0n) is 13.5. The molecule has 0 saturated carbocycles. The highest BCUT2D eigenvalue weighted by atomic mass is 127. The van der Waals surface area contributed by atoms with Crippen molar-refractivity contribution in [3.05, 3.63) is 0 Å². The summed E-state index contributed by atoms with van der Waals surface area (Å²) >= 11 is 0. The number of carbonyl (C=O) groups is 1. The lowest BCUT2D eigenvalue weighted by atomic mass is 10.2. The molecule has 2 N–H and O–H groups in total. The molecule has 1 aliphatic heterocycles. The highest BCUT2D eigenvalue weighted by Crippen LogP contribution is 2.11. The van der Waals surface area contributed by atoms with E-state index in [9.17, 15) is 4.79 Å². The highest BCUT2D eigenvalue weighted by molar-refractivity contribution is 14.0. The molecule has 1 rings (SSSR count). The quantitative estimate of drug-likeness (QED) is 0.293. The van der Waals surface area contributed by atoms with Crippen LogP contribution < -0.4 is 10.6 Å². The summed E-state index contributed by atoms with van der Waals surface area (Å²) in [6, 6.07) is 0. The SMILES string of the molecule is CCCN=C(NCC)NCCCN1CCCCCC1=O.I. The van der Waals surface area contributed by atoms with Crippen molar-refractivity contribution in [2.45, 2.75) is 52.4 Å². The van der Waals surface area contributed by atoms with E-state index in [-0.39, 0.29) is 24.0 Å². The second-order valence-corrected chi connectivity index (χ2v) is 5.23. The Morgan fingerprint density at radius 1 is 1.24 bits per heavy atom. The number of guanidine groups is 1. The van der Waals surface area contributed by atoms with Crippen LogP contribution in [0.1, 0.15) is 52.4 Å². The summed E-state index contributed by atoms with van der Waals surface area (Å²) in [6.45, 7) is 8.57. The van der Waals surface area contributed by atoms with Gasteiger partial charge in [-0.05, 0) is 32.6 Å². The van der Waals surface area contributed by atoms with Gasteiger partial charge >= 0.3 is 0 Å². The van der Waals surface area contributed by atoms with Crippen LogP contribution in [0.3, 0.4) is 0 Å². The second kappa shape index (κ2) is 13.2. The molecule has 1 saturated heterocycles. The van der Waals surface area contributed by atoms with E-state index in [1.54, 1.807) is 0 Å². The molecule has 0 unspecified atom stereocenters. The van der Waals surface area contributed by atoms with Crippen LogP contribution in [-0.2, 0) is 4.79 Å². The number of nitrogens with one attached hydrogen (secondary N) is 2. The molecule has 0 aromatic carbocycles. The van der Waals surface area contributed by atoms with Crippen LogP contribution in [0.5, 0.6) is 0 Å². The number of carbonyl (C=O) groups excluding carboxylic acids is 1. The van der Waals surface area contributed by atoms with Gasteiger partial charge in [-0.3, -0.25) is 9.79 Å². The Balaban J connectivity index is 0.00000400. The maximum atomic E-state index is 11.9. The zero-order chi connectivity index (χ0) is 14.6. The molecule has 0 aromatic heterocycles. The molecule has 1 heterocycles. The molecule has 0 atom stereocenters. The first-order chi connectivity index (χ1) is 9.77. The number of aliphatic imine (C=N–C) groups is 1. The third-order valence-electron chi connectivity index (χ3n) is 3.41. The Hall–Kier alpha value is -0.530. The third-order valence-corrected chi connectivity index (χ3v) is 3.41. The van der Waals surface area contributed by atoms with Gasteiger partial charge in [0.05, 0.1) is 0 Å². The van der Waals surface area contributed by atoms with Crippen LogP contribution in [-0.4, -0.2) is 49.5 Å². The van der Waals surface area contributed by atoms with Crippen molar-refractivity contribution in [1.82, 2.24) is 15.5 Å². The summed E-state index contributed by atoms with van der Waals surface area (Å²) in [6.07, 6.45) is 6.16. The molecule has 21 heavy (non-hydrogen) atoms. The summed E-state index contributed by atoms with van der Waals surface area (Å²) in [7, 11) is 0. The smallest absolute Gasteiger partial charge is 0.222 e. The van der Waals surface area contributed by atoms with Crippen molar-refractivity contribution in [3.63, 3.8) is 0 Å². The number of amides is 1. The molecule has 6 heteroatoms. The summed E-state index contributed by atoms with van der Waals surface area (Å²) in [5.74, 6) is 1.21. The molecular weight excluding hydrogens is 379 g/mol. The normalized spacial score (nSPS) is 16.2. The van der Waals surface area contributed by atoms with Crippen molar-refractivity contribution in [2.24, 2.45) is 4.99 Å². The fraction of sp³-hybridized carbons (Fsp3) is 0.867. The van der Waals surface area contributed by atoms with E-state index in [1.165, 1.54) is 6.42 Å². The van der Waals surface area contributed by atoms with Gasteiger partial charge in [0.25, 0.3) is 0 Å². The number of nitrogens with zero attached hydrogens (tertiary/aromatic N) is 2. The van der Waals surface area contributed by atoms with E-state index in [0.29, 0.717) is 5.91 Å². The number of hydrogen-bond donors (Lipinski definition) is 2. The topological polar surface area (TPSA) is 56.7 Å². The van der Waals surface area contributed by atoms with Crippen molar-refractivity contribution >= 4 is 35.8 Å². The van der Waals surface area contributed by atoms with E-state index >= 15 is 0 Å². The Bertz CT molecular complexity index is 310. The summed E-state index contributed by atoms with van der Waals surface area (Å²) in [5, 5.41) is 6.56. The van der Waals surface area contributed by atoms with Gasteiger partial charge in [-0.25, -0.2) is 0 Å². The molecule has 5 nitrogen and oxygen atoms in total. The molecule has 1 fully saturated rings. The summed E-state index contributed by atoms with van der Waals surface area (Å²) in [4.78, 5) is 18.3. The molecule has 1 amide bonds. The van der Waals surface area contributed by atoms with E-state index in [1.807, 2.05) is 4.90 Å². The number of rotatable bonds is 7. The van der Waals surface area contributed by atoms with Gasteiger partial charge < -0.3 is 15.5 Å². The van der Waals surface area contributed by atoms with Crippen LogP contribution in [0.15, 0.2) is 4.99 Å². The number of halogens is 1. The number of likely N-dealkylation sites (tertiary alicyclic amines) is 1. The summed E-state index contributed by atoms with van der Waals surface area (Å²) in [5.41, 5.74) is 0. The maximum Gasteiger partial charge on any atom is 0.222 e. The highest BCUT2D eigenvalue weighted by Gasteiger charge is 2.15. The van der Waals surface area contributed by atoms with Gasteiger partial charge in [0.1, 0.15) is 0 Å². The van der Waals surface area contributed by atoms with E-state index in [4.69, 9.17) is 0 Å². The minimum absolute atomic E-state index is 0. The lowest BCUT2D eigenvalue weighted by molar-refractivity contribution is -0.130. The van der Waals surface area contributed by atoms with Gasteiger partial charge in [0.15, 0.2) is 5.96 Å². The van der Waals surface area contributed by atoms with Crippen LogP contribution >= 0.6 is 24.0 Å². The molecule has 124 valence electrons. The first-order valence-corrected chi connectivity index (χ1v) is 8.07. The average molecular weight is 410 g/mol. The predicted molar refractivity (Wildman–Crippen MR) is 99.4 cm³/mol. The Morgan fingerprint density at radius 3 is 2.76 bits per heavy atom. The predicted octanol–water partition coefficient (Wildman–Crippen LogP) is 2.36. The summed E-state index contributed by atoms with van der Waals surface area (Å²) < 4.78 is 0. The van der Waals surface area contributed by atoms with E-state index < -0.39 is 0 Å². The van der Waals surface area contributed by atoms with Crippen LogP contribution in [0.2, 0.25) is 0 Å². The van der Waals surface area contributed by atoms with Crippen molar-refractivity contribution < 1.29 is 4.79 Å². The average Bonchev–Trinajstić information content (AvgIpc) is 2.65. The molecule has 0 spiro atoms. The van der Waals surface area contributed by atoms with Gasteiger partial charge in [-0.2, -0.15) is 0 Å². The van der Waals surface area contributed by atoms with Crippen LogP contribution in [0.4, 0.5) is 0 Å². The molecule has 0 radical (unpaired) electrons. The number of hydrogen-bond acceptors (Lipinski definition) is 2. The lowest BCUT2D eigenvalue weighted by Gasteiger charge is -2.20. The Morgan fingerprint density at radius 2 is 2.05 bits per heavy atom. The molecule has 0 bridgehead atoms. The standard InChI is InChI=1S/C15H30N4O.HI/c1-3-10-17-15(16-4-2)18-11-8-13-19-12-7-5-6-9-14(19)20;/h3-13H2,1-2H3,(H2,16,17,18);1H. The van der Waals surface area contributed by atoms with Crippen LogP contribution in [0.25, 0.3) is 0 Å². The fourth-order valence-electron chi connectivity index (χ4n) is 2.32. The molecule has 1 aliphatic rings. The van der Waals surface area contributed by atoms with E-state index in [0.717, 1.165) is 70.8 Å². The minimum atomic E-state index is 0. The molecule has 0 aliphatic carbocycles. The minimum Gasteiger partial charge on any atom is -0.357 e. The zero-order valence-corrected chi connectivity index (χ0v) is 15.8.